The van der Waals surface area contributed by atoms with Crippen molar-refractivity contribution in [3.8, 4) is 0 Å². The number of nitrogens with zero attached hydrogens (tertiary/aromatic N) is 3. The number of carbonyl (C=O) groups is 1. The Bertz CT molecular complexity index is 618. The van der Waals surface area contributed by atoms with Crippen molar-refractivity contribution in [2.75, 3.05) is 6.54 Å². The number of likely N-dealkylation sites (tertiary alicyclic amines) is 1. The molecule has 0 aliphatic carbocycles. The summed E-state index contributed by atoms with van der Waals surface area (Å²) in [5.74, 6) is 1.91. The monoisotopic (exact) mass is 301 g/mol. The van der Waals surface area contributed by atoms with Gasteiger partial charge in [0.2, 0.25) is 5.91 Å². The Morgan fingerprint density at radius 3 is 2.91 bits per heavy atom. The van der Waals surface area contributed by atoms with E-state index in [9.17, 15) is 4.79 Å². The van der Waals surface area contributed by atoms with Crippen LogP contribution < -0.4 is 0 Å². The maximum atomic E-state index is 13.0. The van der Waals surface area contributed by atoms with Crippen molar-refractivity contribution in [2.24, 2.45) is 0 Å². The summed E-state index contributed by atoms with van der Waals surface area (Å²) >= 11 is 0. The molecule has 0 aromatic carbocycles. The Morgan fingerprint density at radius 1 is 1.36 bits per heavy atom. The number of hydrogen-bond donors (Lipinski definition) is 0. The second-order valence-corrected chi connectivity index (χ2v) is 6.01. The van der Waals surface area contributed by atoms with Gasteiger partial charge in [-0.05, 0) is 44.9 Å². The second-order valence-electron chi connectivity index (χ2n) is 6.01. The van der Waals surface area contributed by atoms with Gasteiger partial charge in [-0.25, -0.2) is 0 Å². The highest BCUT2D eigenvalue weighted by Gasteiger charge is 2.32. The van der Waals surface area contributed by atoms with Gasteiger partial charge in [0.15, 0.2) is 0 Å². The van der Waals surface area contributed by atoms with Crippen LogP contribution in [0.5, 0.6) is 0 Å². The van der Waals surface area contributed by atoms with Crippen LogP contribution in [0.15, 0.2) is 35.0 Å². The molecule has 0 bridgehead atoms. The van der Waals surface area contributed by atoms with Crippen molar-refractivity contribution in [1.82, 2.24) is 14.7 Å². The topological polar surface area (TPSA) is 51.3 Å². The molecular formula is C17H23N3O2. The fraction of sp³-hybridized carbons (Fsp3) is 0.529. The molecular weight excluding hydrogens is 278 g/mol. The number of amides is 1. The Labute approximate surface area is 130 Å². The highest BCUT2D eigenvalue weighted by atomic mass is 16.3. The van der Waals surface area contributed by atoms with Crippen LogP contribution in [0.1, 0.15) is 56.2 Å². The molecule has 1 aliphatic heterocycles. The fourth-order valence-electron chi connectivity index (χ4n) is 3.16. The molecule has 5 heteroatoms. The minimum atomic E-state index is -0.286. The maximum Gasteiger partial charge on any atom is 0.247 e. The quantitative estimate of drug-likeness (QED) is 0.872. The molecule has 2 aromatic rings. The van der Waals surface area contributed by atoms with Crippen molar-refractivity contribution in [2.45, 2.75) is 51.6 Å². The lowest BCUT2D eigenvalue weighted by molar-refractivity contribution is -0.137. The van der Waals surface area contributed by atoms with E-state index >= 15 is 0 Å². The number of carbonyl (C=O) groups excluding carboxylic acids is 1. The molecule has 0 spiro atoms. The summed E-state index contributed by atoms with van der Waals surface area (Å²) in [4.78, 5) is 14.9. The Kier molecular flexibility index (Phi) is 4.32. The normalized spacial score (nSPS) is 20.6. The fourth-order valence-corrected chi connectivity index (χ4v) is 3.16. The molecule has 3 rings (SSSR count). The van der Waals surface area contributed by atoms with E-state index in [1.807, 2.05) is 43.1 Å². The van der Waals surface area contributed by atoms with E-state index in [1.54, 1.807) is 10.9 Å². The molecule has 0 unspecified atom stereocenters. The van der Waals surface area contributed by atoms with Gasteiger partial charge in [-0.2, -0.15) is 5.10 Å². The molecule has 2 atom stereocenters. The first-order valence-electron chi connectivity index (χ1n) is 8.03. The van der Waals surface area contributed by atoms with Gasteiger partial charge < -0.3 is 9.32 Å². The number of rotatable bonds is 3. The van der Waals surface area contributed by atoms with E-state index in [0.29, 0.717) is 0 Å². The third kappa shape index (κ3) is 2.93. The summed E-state index contributed by atoms with van der Waals surface area (Å²) in [7, 11) is 0. The smallest absolute Gasteiger partial charge is 0.247 e. The van der Waals surface area contributed by atoms with Gasteiger partial charge in [0.05, 0.1) is 6.04 Å². The number of hydrogen-bond acceptors (Lipinski definition) is 3. The predicted molar refractivity (Wildman–Crippen MR) is 83.3 cm³/mol. The van der Waals surface area contributed by atoms with E-state index in [1.165, 1.54) is 0 Å². The number of aromatic nitrogens is 2. The van der Waals surface area contributed by atoms with Crippen LogP contribution in [0.25, 0.3) is 0 Å². The summed E-state index contributed by atoms with van der Waals surface area (Å²) in [6, 6.07) is 5.58. The lowest BCUT2D eigenvalue weighted by atomic mass is 10.1. The zero-order chi connectivity index (χ0) is 15.5. The average molecular weight is 301 g/mol. The molecule has 5 nitrogen and oxygen atoms in total. The van der Waals surface area contributed by atoms with Crippen molar-refractivity contribution in [1.29, 1.82) is 0 Å². The lowest BCUT2D eigenvalue weighted by Crippen LogP contribution is -2.39. The van der Waals surface area contributed by atoms with E-state index in [0.717, 1.165) is 43.7 Å². The third-order valence-corrected chi connectivity index (χ3v) is 4.40. The van der Waals surface area contributed by atoms with Gasteiger partial charge in [-0.15, -0.1) is 0 Å². The van der Waals surface area contributed by atoms with Crippen LogP contribution in [-0.4, -0.2) is 27.1 Å². The maximum absolute atomic E-state index is 13.0. The van der Waals surface area contributed by atoms with Crippen LogP contribution in [0.3, 0.4) is 0 Å². The molecule has 0 N–H and O–H groups in total. The SMILES string of the molecule is Cc1ccc([C@@H]2CCCCCN2C(=O)[C@H](C)n2cccn2)o1. The van der Waals surface area contributed by atoms with Crippen LogP contribution in [0, 0.1) is 6.92 Å². The van der Waals surface area contributed by atoms with E-state index < -0.39 is 0 Å². The zero-order valence-electron chi connectivity index (χ0n) is 13.2. The van der Waals surface area contributed by atoms with Crippen molar-refractivity contribution < 1.29 is 9.21 Å². The standard InChI is InChI=1S/C17H23N3O2/c1-13-8-9-16(22-13)15-7-4-3-5-11-19(15)17(21)14(2)20-12-6-10-18-20/h6,8-10,12,14-15H,3-5,7,11H2,1-2H3/t14-,15-/m0/s1. The third-order valence-electron chi connectivity index (χ3n) is 4.40. The molecule has 118 valence electrons. The first kappa shape index (κ1) is 14.9. The minimum Gasteiger partial charge on any atom is -0.464 e. The Morgan fingerprint density at radius 2 is 2.23 bits per heavy atom. The summed E-state index contributed by atoms with van der Waals surface area (Å²) in [6.45, 7) is 4.64. The second kappa shape index (κ2) is 6.38. The van der Waals surface area contributed by atoms with E-state index in [2.05, 4.69) is 5.10 Å². The molecule has 1 saturated heterocycles. The van der Waals surface area contributed by atoms with Crippen molar-refractivity contribution >= 4 is 5.91 Å². The molecule has 1 fully saturated rings. The highest BCUT2D eigenvalue weighted by molar-refractivity contribution is 5.80. The van der Waals surface area contributed by atoms with Crippen LogP contribution >= 0.6 is 0 Å². The molecule has 3 heterocycles. The highest BCUT2D eigenvalue weighted by Crippen LogP contribution is 2.32. The molecule has 2 aromatic heterocycles. The Balaban J connectivity index is 1.85. The van der Waals surface area contributed by atoms with Crippen LogP contribution in [0.2, 0.25) is 0 Å². The molecule has 1 aliphatic rings. The van der Waals surface area contributed by atoms with Gasteiger partial charge in [-0.3, -0.25) is 9.48 Å². The Hall–Kier alpha value is -2.04. The van der Waals surface area contributed by atoms with Gasteiger partial charge in [0.1, 0.15) is 17.6 Å². The minimum absolute atomic E-state index is 0.0433. The van der Waals surface area contributed by atoms with Gasteiger partial charge >= 0.3 is 0 Å². The first-order chi connectivity index (χ1) is 10.7. The average Bonchev–Trinajstić information content (AvgIpc) is 3.13. The van der Waals surface area contributed by atoms with Gasteiger partial charge in [0.25, 0.3) is 0 Å². The number of aryl methyl sites for hydroxylation is 1. The van der Waals surface area contributed by atoms with E-state index in [-0.39, 0.29) is 18.0 Å². The number of furan rings is 1. The predicted octanol–water partition coefficient (Wildman–Crippen LogP) is 3.49. The van der Waals surface area contributed by atoms with E-state index in [4.69, 9.17) is 4.42 Å². The molecule has 0 radical (unpaired) electrons. The van der Waals surface area contributed by atoms with Gasteiger partial charge in [0, 0.05) is 18.9 Å². The van der Waals surface area contributed by atoms with Crippen LogP contribution in [0.4, 0.5) is 0 Å². The lowest BCUT2D eigenvalue weighted by Gasteiger charge is -2.31. The largest absolute Gasteiger partial charge is 0.464 e. The van der Waals surface area contributed by atoms with Crippen LogP contribution in [-0.2, 0) is 4.79 Å². The molecule has 0 saturated carbocycles. The van der Waals surface area contributed by atoms with Crippen molar-refractivity contribution in [3.63, 3.8) is 0 Å². The van der Waals surface area contributed by atoms with Crippen molar-refractivity contribution in [3.05, 3.63) is 42.1 Å². The molecule has 1 amide bonds. The summed E-state index contributed by atoms with van der Waals surface area (Å²) in [6.07, 6.45) is 7.85. The summed E-state index contributed by atoms with van der Waals surface area (Å²) < 4.78 is 7.53. The molecule has 22 heavy (non-hydrogen) atoms. The zero-order valence-corrected chi connectivity index (χ0v) is 13.2. The van der Waals surface area contributed by atoms with Gasteiger partial charge in [-0.1, -0.05) is 12.8 Å². The summed E-state index contributed by atoms with van der Waals surface area (Å²) in [5, 5.41) is 4.20. The summed E-state index contributed by atoms with van der Waals surface area (Å²) in [5.41, 5.74) is 0. The first-order valence-corrected chi connectivity index (χ1v) is 8.03.